The van der Waals surface area contributed by atoms with Gasteiger partial charge in [0.05, 0.1) is 44.6 Å². The summed E-state index contributed by atoms with van der Waals surface area (Å²) in [6, 6.07) is 28.4. The second kappa shape index (κ2) is 10.8. The maximum absolute atomic E-state index is 15.9. The molecule has 2 aromatic heterocycles. The number of benzene rings is 6. The van der Waals surface area contributed by atoms with Crippen LogP contribution in [0.1, 0.15) is 27.8 Å². The van der Waals surface area contributed by atoms with Crippen molar-refractivity contribution >= 4 is 43.6 Å². The highest BCUT2D eigenvalue weighted by Crippen LogP contribution is 2.43. The molecule has 0 aliphatic heterocycles. The molecule has 0 fully saturated rings. The molecule has 0 radical (unpaired) electrons. The number of rotatable bonds is 3. The Kier molecular flexibility index (Phi) is 6.69. The molecule has 49 heavy (non-hydrogen) atoms. The van der Waals surface area contributed by atoms with Gasteiger partial charge in [0.2, 0.25) is 5.82 Å². The van der Waals surface area contributed by atoms with Crippen LogP contribution >= 0.6 is 0 Å². The highest BCUT2D eigenvalue weighted by Gasteiger charge is 2.30. The van der Waals surface area contributed by atoms with Crippen molar-refractivity contribution in [2.75, 3.05) is 0 Å². The number of fused-ring (bicyclic) bond motifs is 6. The average Bonchev–Trinajstić information content (AvgIpc) is 3.56. The lowest BCUT2D eigenvalue weighted by Crippen LogP contribution is -2.09. The van der Waals surface area contributed by atoms with Crippen LogP contribution < -0.4 is 0 Å². The first-order chi connectivity index (χ1) is 23.5. The number of nitriles is 1. The SMILES string of the molecule is Cc1ccc2c3ccc(C)cc3n(-c3cc(-c4c(F)c(F)c(F)c(F)c4F)c(-n4c5cc(C)ccc5c5ccc(C)cc54)cc3C#N)c2c1. The molecule has 0 N–H and O–H groups in total. The van der Waals surface area contributed by atoms with Crippen molar-refractivity contribution in [1.82, 2.24) is 9.13 Å². The average molecular weight is 656 g/mol. The number of aromatic nitrogens is 2. The monoisotopic (exact) mass is 655 g/mol. The van der Waals surface area contributed by atoms with E-state index in [0.29, 0.717) is 11.0 Å². The normalized spacial score (nSPS) is 11.8. The van der Waals surface area contributed by atoms with E-state index in [4.69, 9.17) is 0 Å². The maximum Gasteiger partial charge on any atom is 0.200 e. The molecular weight excluding hydrogens is 629 g/mol. The van der Waals surface area contributed by atoms with Crippen molar-refractivity contribution < 1.29 is 22.0 Å². The van der Waals surface area contributed by atoms with Gasteiger partial charge < -0.3 is 9.13 Å². The highest BCUT2D eigenvalue weighted by molar-refractivity contribution is 6.11. The molecule has 0 atom stereocenters. The van der Waals surface area contributed by atoms with Crippen molar-refractivity contribution in [2.24, 2.45) is 0 Å². The van der Waals surface area contributed by atoms with Crippen LogP contribution in [0.2, 0.25) is 0 Å². The lowest BCUT2D eigenvalue weighted by molar-refractivity contribution is 0.381. The van der Waals surface area contributed by atoms with Gasteiger partial charge in [-0.1, -0.05) is 48.5 Å². The molecule has 0 aliphatic rings. The zero-order valence-corrected chi connectivity index (χ0v) is 26.8. The van der Waals surface area contributed by atoms with Crippen LogP contribution in [-0.4, -0.2) is 9.13 Å². The minimum atomic E-state index is -2.24. The van der Waals surface area contributed by atoms with Gasteiger partial charge in [-0.05, 0) is 86.3 Å². The fraction of sp³-hybridized carbons (Fsp3) is 0.0976. The Morgan fingerprint density at radius 1 is 0.449 bits per heavy atom. The van der Waals surface area contributed by atoms with E-state index in [9.17, 15) is 9.65 Å². The lowest BCUT2D eigenvalue weighted by Gasteiger charge is -2.20. The molecule has 0 spiro atoms. The molecule has 0 unspecified atom stereocenters. The van der Waals surface area contributed by atoms with E-state index in [-0.39, 0.29) is 22.5 Å². The first-order valence-corrected chi connectivity index (χ1v) is 15.6. The molecule has 0 saturated carbocycles. The van der Waals surface area contributed by atoms with Crippen molar-refractivity contribution in [2.45, 2.75) is 27.7 Å². The maximum atomic E-state index is 15.9. The molecular formula is C41H26F5N3. The standard InChI is InChI=1S/C41H26F5N3/c1-20-5-9-25-26-10-6-21(2)14-32(26)48(31(25)13-20)30-18-29(36-37(42)39(44)41(46)40(45)38(36)43)35(17-24(30)19-47)49-33-15-22(3)7-11-27(33)28-12-8-23(4)16-34(28)49/h5-18H,1-4H3. The number of aryl methyl sites for hydroxylation is 4. The molecule has 0 aliphatic carbocycles. The van der Waals surface area contributed by atoms with Crippen LogP contribution in [0.3, 0.4) is 0 Å². The molecule has 0 saturated heterocycles. The zero-order chi connectivity index (χ0) is 34.5. The Bertz CT molecular complexity index is 2630. The third-order valence-corrected chi connectivity index (χ3v) is 9.35. The van der Waals surface area contributed by atoms with E-state index in [0.717, 1.165) is 54.8 Å². The smallest absolute Gasteiger partial charge is 0.200 e. The van der Waals surface area contributed by atoms with Gasteiger partial charge in [0.25, 0.3) is 0 Å². The quantitative estimate of drug-likeness (QED) is 0.106. The predicted octanol–water partition coefficient (Wildman–Crippen LogP) is 11.3. The zero-order valence-electron chi connectivity index (χ0n) is 26.8. The minimum Gasteiger partial charge on any atom is -0.309 e. The molecule has 8 aromatic rings. The van der Waals surface area contributed by atoms with Crippen molar-refractivity contribution in [1.29, 1.82) is 5.26 Å². The van der Waals surface area contributed by atoms with Crippen LogP contribution in [0, 0.1) is 68.1 Å². The van der Waals surface area contributed by atoms with Gasteiger partial charge in [-0.2, -0.15) is 5.26 Å². The summed E-state index contributed by atoms with van der Waals surface area (Å²) in [5, 5.41) is 14.1. The van der Waals surface area contributed by atoms with Gasteiger partial charge in [-0.15, -0.1) is 0 Å². The Hall–Kier alpha value is -5.94. The Balaban J connectivity index is 1.61. The third-order valence-electron chi connectivity index (χ3n) is 9.35. The van der Waals surface area contributed by atoms with E-state index >= 15 is 17.6 Å². The van der Waals surface area contributed by atoms with Crippen LogP contribution in [0.15, 0.2) is 84.9 Å². The lowest BCUT2D eigenvalue weighted by atomic mass is 9.97. The number of halogens is 5. The van der Waals surface area contributed by atoms with Gasteiger partial charge in [-0.25, -0.2) is 22.0 Å². The van der Waals surface area contributed by atoms with Gasteiger partial charge in [0.1, 0.15) is 6.07 Å². The summed E-state index contributed by atoms with van der Waals surface area (Å²) in [5.74, 6) is -10.3. The van der Waals surface area contributed by atoms with E-state index in [1.807, 2.05) is 105 Å². The predicted molar refractivity (Wildman–Crippen MR) is 184 cm³/mol. The van der Waals surface area contributed by atoms with E-state index in [1.54, 1.807) is 4.57 Å². The van der Waals surface area contributed by atoms with Crippen LogP contribution in [0.5, 0.6) is 0 Å². The molecule has 0 bridgehead atoms. The summed E-state index contributed by atoms with van der Waals surface area (Å²) in [6.07, 6.45) is 0. The molecule has 2 heterocycles. The second-order valence-corrected chi connectivity index (χ2v) is 12.7. The first kappa shape index (κ1) is 30.4. The van der Waals surface area contributed by atoms with Gasteiger partial charge in [-0.3, -0.25) is 0 Å². The van der Waals surface area contributed by atoms with Crippen LogP contribution in [0.25, 0.3) is 66.1 Å². The fourth-order valence-electron chi connectivity index (χ4n) is 7.07. The van der Waals surface area contributed by atoms with Crippen molar-refractivity contribution in [3.8, 4) is 28.6 Å². The van der Waals surface area contributed by atoms with E-state index in [2.05, 4.69) is 6.07 Å². The molecule has 0 amide bonds. The number of hydrogen-bond donors (Lipinski definition) is 0. The van der Waals surface area contributed by atoms with Crippen molar-refractivity contribution in [3.05, 3.63) is 142 Å². The summed E-state index contributed by atoms with van der Waals surface area (Å²) in [7, 11) is 0. The van der Waals surface area contributed by atoms with Crippen LogP contribution in [-0.2, 0) is 0 Å². The number of hydrogen-bond acceptors (Lipinski definition) is 1. The fourth-order valence-corrected chi connectivity index (χ4v) is 7.07. The van der Waals surface area contributed by atoms with Crippen LogP contribution in [0.4, 0.5) is 22.0 Å². The topological polar surface area (TPSA) is 33.6 Å². The summed E-state index contributed by atoms with van der Waals surface area (Å²) in [5.41, 5.74) is 5.47. The Labute approximate surface area is 277 Å². The summed E-state index contributed by atoms with van der Waals surface area (Å²) in [6.45, 7) is 7.64. The van der Waals surface area contributed by atoms with Crippen molar-refractivity contribution in [3.63, 3.8) is 0 Å². The molecule has 6 aromatic carbocycles. The Morgan fingerprint density at radius 2 is 0.796 bits per heavy atom. The largest absolute Gasteiger partial charge is 0.309 e. The van der Waals surface area contributed by atoms with Gasteiger partial charge in [0, 0.05) is 27.1 Å². The minimum absolute atomic E-state index is 0.0906. The highest BCUT2D eigenvalue weighted by atomic mass is 19.2. The molecule has 240 valence electrons. The second-order valence-electron chi connectivity index (χ2n) is 12.7. The molecule has 8 rings (SSSR count). The van der Waals surface area contributed by atoms with Gasteiger partial charge in [0.15, 0.2) is 23.3 Å². The van der Waals surface area contributed by atoms with E-state index in [1.165, 1.54) is 12.1 Å². The number of nitrogens with zero attached hydrogens (tertiary/aromatic N) is 3. The first-order valence-electron chi connectivity index (χ1n) is 15.6. The summed E-state index contributed by atoms with van der Waals surface area (Å²) >= 11 is 0. The molecule has 3 nitrogen and oxygen atoms in total. The third kappa shape index (κ3) is 4.39. The van der Waals surface area contributed by atoms with E-state index < -0.39 is 34.6 Å². The summed E-state index contributed by atoms with van der Waals surface area (Å²) in [4.78, 5) is 0. The Morgan fingerprint density at radius 3 is 1.16 bits per heavy atom. The summed E-state index contributed by atoms with van der Waals surface area (Å²) < 4.78 is 79.8. The van der Waals surface area contributed by atoms with Gasteiger partial charge >= 0.3 is 0 Å². The molecule has 8 heteroatoms.